The summed E-state index contributed by atoms with van der Waals surface area (Å²) in [5.41, 5.74) is 3.64. The van der Waals surface area contributed by atoms with E-state index in [4.69, 9.17) is 9.84 Å². The summed E-state index contributed by atoms with van der Waals surface area (Å²) in [6.45, 7) is 10.8. The molecule has 1 rings (SSSR count). The molecule has 0 amide bonds. The summed E-state index contributed by atoms with van der Waals surface area (Å²) < 4.78 is 31.0. The molecule has 0 bridgehead atoms. The molecule has 28 heavy (non-hydrogen) atoms. The van der Waals surface area contributed by atoms with E-state index < -0.39 is 19.0 Å². The van der Waals surface area contributed by atoms with Gasteiger partial charge in [-0.3, -0.25) is 4.98 Å². The molecule has 1 N–H and O–H groups in total. The summed E-state index contributed by atoms with van der Waals surface area (Å²) in [6, 6.07) is 1.87. The van der Waals surface area contributed by atoms with E-state index in [1.807, 2.05) is 40.7 Å². The Morgan fingerprint density at radius 2 is 1.86 bits per heavy atom. The van der Waals surface area contributed by atoms with E-state index in [1.54, 1.807) is 25.2 Å². The molecule has 0 spiro atoms. The Morgan fingerprint density at radius 1 is 1.21 bits per heavy atom. The maximum Gasteiger partial charge on any atom is 0.328 e. The molecule has 1 aromatic heterocycles. The molecule has 6 heteroatoms. The van der Waals surface area contributed by atoms with E-state index in [2.05, 4.69) is 4.98 Å². The lowest BCUT2D eigenvalue weighted by Gasteiger charge is -2.20. The van der Waals surface area contributed by atoms with Crippen molar-refractivity contribution in [1.82, 2.24) is 4.98 Å². The number of allylic oxidation sites excluding steroid dienone is 5. The first-order chi connectivity index (χ1) is 13.0. The zero-order chi connectivity index (χ0) is 21.4. The van der Waals surface area contributed by atoms with Crippen LogP contribution in [0.3, 0.4) is 0 Å². The van der Waals surface area contributed by atoms with Gasteiger partial charge in [-0.15, -0.1) is 0 Å². The van der Waals surface area contributed by atoms with Crippen LogP contribution in [-0.4, -0.2) is 29.1 Å². The summed E-state index contributed by atoms with van der Waals surface area (Å²) in [5.74, 6) is -0.457. The average Bonchev–Trinajstić information content (AvgIpc) is 2.57. The highest BCUT2D eigenvalue weighted by Crippen LogP contribution is 2.35. The molecule has 0 aliphatic heterocycles. The number of pyridine rings is 1. The Morgan fingerprint density at radius 3 is 2.36 bits per heavy atom. The van der Waals surface area contributed by atoms with Crippen LogP contribution in [0, 0.1) is 0 Å². The fourth-order valence-corrected chi connectivity index (χ4v) is 2.53. The first kappa shape index (κ1) is 23.5. The predicted octanol–water partition coefficient (Wildman–Crippen LogP) is 5.96. The number of aliphatic carboxylic acids is 1. The predicted molar refractivity (Wildman–Crippen MR) is 108 cm³/mol. The Bertz CT molecular complexity index is 778. The van der Waals surface area contributed by atoms with E-state index in [1.165, 1.54) is 0 Å². The van der Waals surface area contributed by atoms with Gasteiger partial charge in [0.1, 0.15) is 12.4 Å². The van der Waals surface area contributed by atoms with Gasteiger partial charge in [0.15, 0.2) is 0 Å². The summed E-state index contributed by atoms with van der Waals surface area (Å²) in [7, 11) is 0. The topological polar surface area (TPSA) is 59.4 Å². The molecular formula is C22H29F2NO3. The number of alkyl halides is 2. The van der Waals surface area contributed by atoms with Crippen LogP contribution in [0.1, 0.15) is 70.3 Å². The van der Waals surface area contributed by atoms with Crippen molar-refractivity contribution >= 4 is 11.5 Å². The Kier molecular flexibility index (Phi) is 9.03. The van der Waals surface area contributed by atoms with Crippen LogP contribution in [0.4, 0.5) is 8.78 Å². The zero-order valence-corrected chi connectivity index (χ0v) is 17.3. The molecule has 0 radical (unpaired) electrons. The number of hydrogen-bond acceptors (Lipinski definition) is 3. The molecule has 0 unspecified atom stereocenters. The third-order valence-corrected chi connectivity index (χ3v) is 3.99. The average molecular weight is 393 g/mol. The van der Waals surface area contributed by atoms with Crippen molar-refractivity contribution in [3.05, 3.63) is 52.9 Å². The number of carboxylic acid groups (broad SMARTS) is 1. The third kappa shape index (κ3) is 7.25. The van der Waals surface area contributed by atoms with Gasteiger partial charge >= 0.3 is 5.97 Å². The van der Waals surface area contributed by atoms with Crippen molar-refractivity contribution in [3.8, 4) is 5.75 Å². The molecule has 0 atom stereocenters. The second-order valence-corrected chi connectivity index (χ2v) is 7.26. The largest absolute Gasteiger partial charge is 0.485 e. The number of carboxylic acids is 1. The van der Waals surface area contributed by atoms with E-state index in [0.717, 1.165) is 17.3 Å². The molecule has 0 fully saturated rings. The monoisotopic (exact) mass is 393 g/mol. The highest BCUT2D eigenvalue weighted by molar-refractivity contribution is 5.81. The minimum atomic E-state index is -2.58. The van der Waals surface area contributed by atoms with Gasteiger partial charge in [0.05, 0.1) is 5.69 Å². The number of nitrogens with zero attached hydrogens (tertiary/aromatic N) is 1. The van der Waals surface area contributed by atoms with Crippen LogP contribution in [0.25, 0.3) is 5.57 Å². The quantitative estimate of drug-likeness (QED) is 0.415. The maximum atomic E-state index is 12.8. The first-order valence-corrected chi connectivity index (χ1v) is 9.25. The molecule has 0 aliphatic rings. The van der Waals surface area contributed by atoms with Crippen molar-refractivity contribution < 1.29 is 23.4 Å². The number of carbonyl (C=O) groups is 1. The van der Waals surface area contributed by atoms with Crippen molar-refractivity contribution in [2.45, 2.75) is 59.8 Å². The highest BCUT2D eigenvalue weighted by atomic mass is 19.3. The van der Waals surface area contributed by atoms with E-state index in [0.29, 0.717) is 22.6 Å². The molecule has 1 heterocycles. The van der Waals surface area contributed by atoms with Gasteiger partial charge in [0.2, 0.25) is 0 Å². The van der Waals surface area contributed by atoms with E-state index in [-0.39, 0.29) is 11.8 Å². The third-order valence-electron chi connectivity index (χ3n) is 3.99. The van der Waals surface area contributed by atoms with Gasteiger partial charge in [-0.25, -0.2) is 13.6 Å². The van der Waals surface area contributed by atoms with Gasteiger partial charge in [0, 0.05) is 17.3 Å². The minimum absolute atomic E-state index is 0.00853. The van der Waals surface area contributed by atoms with Gasteiger partial charge in [-0.05, 0) is 42.9 Å². The molecule has 0 aromatic carbocycles. The van der Waals surface area contributed by atoms with Crippen LogP contribution in [0.5, 0.6) is 5.75 Å². The van der Waals surface area contributed by atoms with Gasteiger partial charge in [0.25, 0.3) is 6.43 Å². The molecule has 0 aliphatic carbocycles. The summed E-state index contributed by atoms with van der Waals surface area (Å²) in [5, 5.41) is 8.77. The van der Waals surface area contributed by atoms with Gasteiger partial charge in [-0.2, -0.15) is 0 Å². The molecule has 1 aromatic rings. The zero-order valence-electron chi connectivity index (χ0n) is 17.3. The van der Waals surface area contributed by atoms with Crippen LogP contribution in [0.2, 0.25) is 0 Å². The van der Waals surface area contributed by atoms with E-state index >= 15 is 0 Å². The van der Waals surface area contributed by atoms with Crippen LogP contribution < -0.4 is 4.74 Å². The van der Waals surface area contributed by atoms with Crippen molar-refractivity contribution in [1.29, 1.82) is 0 Å². The highest BCUT2D eigenvalue weighted by Gasteiger charge is 2.20. The van der Waals surface area contributed by atoms with E-state index in [9.17, 15) is 13.6 Å². The fraction of sp³-hybridized carbons (Fsp3) is 0.455. The van der Waals surface area contributed by atoms with Gasteiger partial charge < -0.3 is 9.84 Å². The van der Waals surface area contributed by atoms with Crippen molar-refractivity contribution in [2.24, 2.45) is 0 Å². The Hall–Kier alpha value is -2.50. The smallest absolute Gasteiger partial charge is 0.328 e. The number of hydrogen-bond donors (Lipinski definition) is 1. The number of aromatic nitrogens is 1. The number of rotatable bonds is 9. The Balaban J connectivity index is 3.44. The standard InChI is InChI=1S/C22H29F2NO3/c1-13(2)18-11-17(16(6)9-7-8-15(5)10-20(26)27)22(28-12-19(23)24)21(25-18)14(3)4/h7-11,13-14,19H,12H2,1-6H3,(H,26,27). The van der Waals surface area contributed by atoms with Crippen LogP contribution in [-0.2, 0) is 4.79 Å². The lowest BCUT2D eigenvalue weighted by molar-refractivity contribution is -0.131. The van der Waals surface area contributed by atoms with Gasteiger partial charge in [-0.1, -0.05) is 45.9 Å². The maximum absolute atomic E-state index is 12.8. The lowest BCUT2D eigenvalue weighted by Crippen LogP contribution is -2.13. The molecular weight excluding hydrogens is 364 g/mol. The molecule has 0 saturated heterocycles. The summed E-state index contributed by atoms with van der Waals surface area (Å²) >= 11 is 0. The molecule has 0 saturated carbocycles. The molecule has 154 valence electrons. The van der Waals surface area contributed by atoms with Crippen LogP contribution in [0.15, 0.2) is 35.9 Å². The summed E-state index contributed by atoms with van der Waals surface area (Å²) in [4.78, 5) is 15.3. The van der Waals surface area contributed by atoms with Crippen molar-refractivity contribution in [2.75, 3.05) is 6.61 Å². The Labute approximate surface area is 165 Å². The SMILES string of the molecule is CC(C=CC=C(C)c1cc(C(C)C)nc(C(C)C)c1OCC(F)F)=CC(=O)O. The van der Waals surface area contributed by atoms with Crippen LogP contribution >= 0.6 is 0 Å². The number of ether oxygens (including phenoxy) is 1. The normalized spacial score (nSPS) is 13.2. The lowest BCUT2D eigenvalue weighted by atomic mass is 9.97. The first-order valence-electron chi connectivity index (χ1n) is 9.25. The second-order valence-electron chi connectivity index (χ2n) is 7.26. The minimum Gasteiger partial charge on any atom is -0.485 e. The summed E-state index contributed by atoms with van der Waals surface area (Å²) in [6.07, 6.45) is 3.73. The second kappa shape index (κ2) is 10.7. The van der Waals surface area contributed by atoms with Crippen molar-refractivity contribution in [3.63, 3.8) is 0 Å². The number of halogens is 2. The fourth-order valence-electron chi connectivity index (χ4n) is 2.53. The molecule has 4 nitrogen and oxygen atoms in total.